The molecule has 0 atom stereocenters. The number of hydrogen-bond acceptors (Lipinski definition) is 3. The second-order valence-corrected chi connectivity index (χ2v) is 16.4. The first-order chi connectivity index (χ1) is 20.6. The van der Waals surface area contributed by atoms with Gasteiger partial charge in [-0.15, -0.1) is 0 Å². The molecule has 204 valence electrons. The Morgan fingerprint density at radius 2 is 1.02 bits per heavy atom. The molecule has 0 saturated heterocycles. The summed E-state index contributed by atoms with van der Waals surface area (Å²) in [6.07, 6.45) is 8.11. The van der Waals surface area contributed by atoms with Gasteiger partial charge in [-0.25, -0.2) is 0 Å². The molecule has 1 aliphatic heterocycles. The predicted octanol–water partition coefficient (Wildman–Crippen LogP) is 6.99. The van der Waals surface area contributed by atoms with Gasteiger partial charge in [-0.05, 0) is 66.1 Å². The van der Waals surface area contributed by atoms with Crippen LogP contribution in [0, 0.1) is 0 Å². The number of hydrogen-bond donors (Lipinski definition) is 2. The second-order valence-electron chi connectivity index (χ2n) is 10.2. The van der Waals surface area contributed by atoms with Gasteiger partial charge < -0.3 is 4.74 Å². The van der Waals surface area contributed by atoms with Gasteiger partial charge in [0, 0.05) is 16.4 Å². The molecule has 0 N–H and O–H groups in total. The summed E-state index contributed by atoms with van der Waals surface area (Å²) in [7, 11) is -1.85. The average Bonchev–Trinajstić information content (AvgIpc) is 3.03. The third-order valence-electron chi connectivity index (χ3n) is 7.40. The Labute approximate surface area is 261 Å². The Hall–Kier alpha value is -3.32. The van der Waals surface area contributed by atoms with E-state index in [1.165, 1.54) is 31.8 Å². The third kappa shape index (κ3) is 5.32. The van der Waals surface area contributed by atoms with Crippen LogP contribution in [0.2, 0.25) is 0 Å². The average molecular weight is 615 g/mol. The molecule has 7 rings (SSSR count). The fourth-order valence-electron chi connectivity index (χ4n) is 5.56. The molecule has 0 unspecified atom stereocenters. The summed E-state index contributed by atoms with van der Waals surface area (Å²) in [6, 6.07) is 48.2. The maximum absolute atomic E-state index is 6.38. The van der Waals surface area contributed by atoms with E-state index in [1.54, 1.807) is 0 Å². The van der Waals surface area contributed by atoms with E-state index in [0.717, 1.165) is 22.5 Å². The van der Waals surface area contributed by atoms with Gasteiger partial charge in [-0.1, -0.05) is 133 Å². The number of rotatable bonds is 6. The van der Waals surface area contributed by atoms with Crippen molar-refractivity contribution in [2.24, 2.45) is 0 Å². The molecular weight excluding hydrogens is 586 g/mol. The predicted molar refractivity (Wildman–Crippen MR) is 190 cm³/mol. The van der Waals surface area contributed by atoms with Crippen LogP contribution in [0.15, 0.2) is 164 Å². The molecule has 42 heavy (non-hydrogen) atoms. The summed E-state index contributed by atoms with van der Waals surface area (Å²) in [5, 5.41) is 7.90. The van der Waals surface area contributed by atoms with E-state index in [9.17, 15) is 0 Å². The lowest BCUT2D eigenvalue weighted by Gasteiger charge is -2.34. The van der Waals surface area contributed by atoms with Crippen LogP contribution >= 0.6 is 41.1 Å². The summed E-state index contributed by atoms with van der Waals surface area (Å²) < 4.78 is 5.72. The van der Waals surface area contributed by atoms with Crippen molar-refractivity contribution in [2.75, 3.05) is 0 Å². The van der Waals surface area contributed by atoms with E-state index < -0.39 is 19.9 Å². The van der Waals surface area contributed by atoms with Gasteiger partial charge in [0.15, 0.2) is 0 Å². The van der Waals surface area contributed by atoms with Crippen molar-refractivity contribution in [3.05, 3.63) is 169 Å². The summed E-state index contributed by atoms with van der Waals surface area (Å²) in [4.78, 5) is 0. The minimum atomic E-state index is -0.964. The first-order valence-corrected chi connectivity index (χ1v) is 17.4. The number of benzene rings is 5. The molecule has 5 aromatic rings. The Balaban J connectivity index is 1.60. The number of thiol groups is 2. The van der Waals surface area contributed by atoms with Crippen molar-refractivity contribution in [1.82, 2.24) is 0 Å². The second kappa shape index (κ2) is 11.8. The molecular formula is C37H28OP2S2. The lowest BCUT2D eigenvalue weighted by Crippen LogP contribution is -2.37. The van der Waals surface area contributed by atoms with E-state index in [2.05, 4.69) is 146 Å². The monoisotopic (exact) mass is 614 g/mol. The molecule has 0 spiro atoms. The van der Waals surface area contributed by atoms with Gasteiger partial charge in [0.2, 0.25) is 0 Å². The van der Waals surface area contributed by atoms with E-state index >= 15 is 0 Å². The summed E-state index contributed by atoms with van der Waals surface area (Å²) in [6.45, 7) is 0. The quantitative estimate of drug-likeness (QED) is 0.119. The van der Waals surface area contributed by atoms with Crippen molar-refractivity contribution in [3.63, 3.8) is 0 Å². The van der Waals surface area contributed by atoms with Crippen LogP contribution in [0.5, 0.6) is 5.75 Å². The summed E-state index contributed by atoms with van der Waals surface area (Å²) in [5.41, 5.74) is 3.30. The van der Waals surface area contributed by atoms with E-state index in [1.807, 2.05) is 12.3 Å². The lowest BCUT2D eigenvalue weighted by molar-refractivity contribution is 0.473. The molecule has 0 radical (unpaired) electrons. The van der Waals surface area contributed by atoms with E-state index in [4.69, 9.17) is 30.0 Å². The third-order valence-corrected chi connectivity index (χ3v) is 13.2. The first kappa shape index (κ1) is 27.5. The Morgan fingerprint density at radius 1 is 0.548 bits per heavy atom. The lowest BCUT2D eigenvalue weighted by atomic mass is 9.91. The maximum atomic E-state index is 6.38. The van der Waals surface area contributed by atoms with Crippen molar-refractivity contribution >= 4 is 78.5 Å². The summed E-state index contributed by atoms with van der Waals surface area (Å²) in [5.74, 6) is 0.868. The zero-order valence-electron chi connectivity index (χ0n) is 22.7. The van der Waals surface area contributed by atoms with Gasteiger partial charge in [0.1, 0.15) is 5.75 Å². The van der Waals surface area contributed by atoms with Crippen molar-refractivity contribution < 1.29 is 4.74 Å². The van der Waals surface area contributed by atoms with Crippen LogP contribution in [0.3, 0.4) is 0 Å². The molecule has 5 heteroatoms. The highest BCUT2D eigenvalue weighted by atomic mass is 32.2. The van der Waals surface area contributed by atoms with Gasteiger partial charge >= 0.3 is 0 Å². The van der Waals surface area contributed by atoms with Gasteiger partial charge in [-0.2, -0.15) is 25.3 Å². The Bertz CT molecular complexity index is 1740. The fourth-order valence-corrected chi connectivity index (χ4v) is 11.4. The highest BCUT2D eigenvalue weighted by Gasteiger charge is 2.35. The Morgan fingerprint density at radius 3 is 1.52 bits per heavy atom. The van der Waals surface area contributed by atoms with Crippen LogP contribution in [-0.4, -0.2) is 4.08 Å². The standard InChI is InChI=1S/C37H28OP2S2/c41-37(42)24-23-27-26-38-33-21-22-34(39(28-13-5-1-6-14-28)29-15-7-2-8-16-29)36(35(33)32(27)25-37)40(30-17-9-3-10-18-30)31-19-11-4-12-20-31/h1-26,41-42H. The molecule has 0 aromatic heterocycles. The molecule has 5 aromatic carbocycles. The minimum Gasteiger partial charge on any atom is -0.464 e. The number of allylic oxidation sites excluding steroid dienone is 3. The van der Waals surface area contributed by atoms with E-state index in [-0.39, 0.29) is 0 Å². The smallest absolute Gasteiger partial charge is 0.135 e. The maximum Gasteiger partial charge on any atom is 0.135 e. The minimum absolute atomic E-state index is 0.666. The van der Waals surface area contributed by atoms with Gasteiger partial charge in [-0.3, -0.25) is 0 Å². The SMILES string of the molecule is SC1(S)C=CC2=COc3ccc(P(c4ccccc4)c4ccccc4)c(P(c4ccccc4)c4ccccc4)c3C2=C1. The number of ether oxygens (including phenoxy) is 1. The van der Waals surface area contributed by atoms with Crippen molar-refractivity contribution in [2.45, 2.75) is 4.08 Å². The molecule has 0 fully saturated rings. The molecule has 1 heterocycles. The normalized spacial score (nSPS) is 15.0. The topological polar surface area (TPSA) is 9.23 Å². The summed E-state index contributed by atoms with van der Waals surface area (Å²) >= 11 is 9.75. The zero-order chi connectivity index (χ0) is 28.5. The van der Waals surface area contributed by atoms with Gasteiger partial charge in [0.05, 0.1) is 10.3 Å². The fraction of sp³-hybridized carbons (Fsp3) is 0.0270. The molecule has 2 aliphatic rings. The first-order valence-electron chi connectivity index (χ1n) is 13.8. The Kier molecular flexibility index (Phi) is 7.70. The molecule has 0 amide bonds. The zero-order valence-corrected chi connectivity index (χ0v) is 26.3. The van der Waals surface area contributed by atoms with E-state index in [0.29, 0.717) is 0 Å². The van der Waals surface area contributed by atoms with Crippen molar-refractivity contribution in [1.29, 1.82) is 0 Å². The highest BCUT2D eigenvalue weighted by molar-refractivity contribution is 8.01. The highest BCUT2D eigenvalue weighted by Crippen LogP contribution is 2.48. The van der Waals surface area contributed by atoms with Crippen LogP contribution in [0.1, 0.15) is 5.56 Å². The number of fused-ring (bicyclic) bond motifs is 3. The van der Waals surface area contributed by atoms with Crippen LogP contribution in [0.4, 0.5) is 0 Å². The van der Waals surface area contributed by atoms with Crippen molar-refractivity contribution in [3.8, 4) is 5.75 Å². The molecule has 0 bridgehead atoms. The molecule has 1 aliphatic carbocycles. The molecule has 0 saturated carbocycles. The molecule has 1 nitrogen and oxygen atoms in total. The van der Waals surface area contributed by atoms with Crippen LogP contribution in [0.25, 0.3) is 5.57 Å². The van der Waals surface area contributed by atoms with Crippen LogP contribution in [-0.2, 0) is 0 Å². The largest absolute Gasteiger partial charge is 0.464 e. The van der Waals surface area contributed by atoms with Gasteiger partial charge in [0.25, 0.3) is 0 Å². The van der Waals surface area contributed by atoms with Crippen LogP contribution < -0.4 is 36.6 Å².